The van der Waals surface area contributed by atoms with E-state index in [1.165, 1.54) is 27.6 Å². The number of anilines is 2. The zero-order valence-corrected chi connectivity index (χ0v) is 18.2. The SMILES string of the molecule is Cc1ccc(N2CCN(c3nnc(Cc4ccccc4)c4ccccc34)CC2C)cc1. The molecule has 0 spiro atoms. The van der Waals surface area contributed by atoms with Crippen LogP contribution in [0.1, 0.15) is 23.7 Å². The summed E-state index contributed by atoms with van der Waals surface area (Å²) in [7, 11) is 0. The maximum atomic E-state index is 4.73. The molecule has 1 unspecified atom stereocenters. The molecular weight excluding hydrogens is 380 g/mol. The Bertz CT molecular complexity index is 1170. The molecule has 156 valence electrons. The number of aromatic nitrogens is 2. The molecule has 1 atom stereocenters. The number of hydrogen-bond donors (Lipinski definition) is 0. The van der Waals surface area contributed by atoms with E-state index in [1.807, 2.05) is 6.07 Å². The van der Waals surface area contributed by atoms with E-state index in [0.29, 0.717) is 6.04 Å². The highest BCUT2D eigenvalue weighted by Gasteiger charge is 2.26. The lowest BCUT2D eigenvalue weighted by Gasteiger charge is -2.42. The normalized spacial score (nSPS) is 16.6. The van der Waals surface area contributed by atoms with Crippen LogP contribution >= 0.6 is 0 Å². The second-order valence-electron chi connectivity index (χ2n) is 8.50. The van der Waals surface area contributed by atoms with Gasteiger partial charge in [0.25, 0.3) is 0 Å². The first-order valence-electron chi connectivity index (χ1n) is 11.1. The largest absolute Gasteiger partial charge is 0.365 e. The number of piperazine rings is 1. The Morgan fingerprint density at radius 2 is 1.52 bits per heavy atom. The third-order valence-corrected chi connectivity index (χ3v) is 6.25. The van der Waals surface area contributed by atoms with Crippen molar-refractivity contribution in [2.75, 3.05) is 29.4 Å². The Balaban J connectivity index is 1.42. The Labute approximate surface area is 184 Å². The van der Waals surface area contributed by atoms with Crippen molar-refractivity contribution in [3.8, 4) is 0 Å². The average Bonchev–Trinajstić information content (AvgIpc) is 2.81. The molecule has 31 heavy (non-hydrogen) atoms. The van der Waals surface area contributed by atoms with Crippen molar-refractivity contribution in [1.29, 1.82) is 0 Å². The molecule has 0 bridgehead atoms. The van der Waals surface area contributed by atoms with Crippen molar-refractivity contribution < 1.29 is 0 Å². The van der Waals surface area contributed by atoms with Crippen LogP contribution in [0.15, 0.2) is 78.9 Å². The van der Waals surface area contributed by atoms with E-state index in [4.69, 9.17) is 5.10 Å². The van der Waals surface area contributed by atoms with Crippen molar-refractivity contribution >= 4 is 22.3 Å². The van der Waals surface area contributed by atoms with Gasteiger partial charge >= 0.3 is 0 Å². The Hall–Kier alpha value is -3.40. The minimum Gasteiger partial charge on any atom is -0.365 e. The van der Waals surface area contributed by atoms with E-state index in [0.717, 1.165) is 37.6 Å². The molecule has 1 aliphatic heterocycles. The number of benzene rings is 3. The van der Waals surface area contributed by atoms with E-state index in [1.54, 1.807) is 0 Å². The summed E-state index contributed by atoms with van der Waals surface area (Å²) in [6, 6.07) is 28.3. The molecule has 5 rings (SSSR count). The highest BCUT2D eigenvalue weighted by atomic mass is 15.3. The Morgan fingerprint density at radius 3 is 2.26 bits per heavy atom. The van der Waals surface area contributed by atoms with Crippen LogP contribution in [-0.2, 0) is 6.42 Å². The number of hydrogen-bond acceptors (Lipinski definition) is 4. The molecule has 1 fully saturated rings. The summed E-state index contributed by atoms with van der Waals surface area (Å²) in [5, 5.41) is 11.8. The van der Waals surface area contributed by atoms with Gasteiger partial charge < -0.3 is 9.80 Å². The molecule has 0 N–H and O–H groups in total. The zero-order chi connectivity index (χ0) is 21.2. The van der Waals surface area contributed by atoms with Crippen LogP contribution < -0.4 is 9.80 Å². The van der Waals surface area contributed by atoms with Crippen LogP contribution in [0.5, 0.6) is 0 Å². The van der Waals surface area contributed by atoms with Gasteiger partial charge in [-0.3, -0.25) is 0 Å². The molecule has 0 aliphatic carbocycles. The topological polar surface area (TPSA) is 32.3 Å². The third-order valence-electron chi connectivity index (χ3n) is 6.25. The molecule has 4 nitrogen and oxygen atoms in total. The molecule has 1 aromatic heterocycles. The molecule has 4 heteroatoms. The minimum absolute atomic E-state index is 0.404. The van der Waals surface area contributed by atoms with E-state index >= 15 is 0 Å². The number of aryl methyl sites for hydroxylation is 1. The highest BCUT2D eigenvalue weighted by molar-refractivity contribution is 5.93. The van der Waals surface area contributed by atoms with Gasteiger partial charge in [-0.2, -0.15) is 5.10 Å². The lowest BCUT2D eigenvalue weighted by Crippen LogP contribution is -2.52. The highest BCUT2D eigenvalue weighted by Crippen LogP contribution is 2.30. The van der Waals surface area contributed by atoms with Gasteiger partial charge in [0.1, 0.15) is 0 Å². The Morgan fingerprint density at radius 1 is 0.806 bits per heavy atom. The molecule has 0 saturated carbocycles. The van der Waals surface area contributed by atoms with Crippen molar-refractivity contribution in [3.05, 3.63) is 95.7 Å². The molecule has 1 aliphatic rings. The van der Waals surface area contributed by atoms with Gasteiger partial charge in [-0.15, -0.1) is 5.10 Å². The molecule has 1 saturated heterocycles. The lowest BCUT2D eigenvalue weighted by molar-refractivity contribution is 0.546. The number of rotatable bonds is 4. The fourth-order valence-electron chi connectivity index (χ4n) is 4.57. The number of nitrogens with zero attached hydrogens (tertiary/aromatic N) is 4. The van der Waals surface area contributed by atoms with Gasteiger partial charge in [0.2, 0.25) is 0 Å². The van der Waals surface area contributed by atoms with Crippen LogP contribution in [0.4, 0.5) is 11.5 Å². The predicted molar refractivity (Wildman–Crippen MR) is 129 cm³/mol. The molecule has 4 aromatic rings. The van der Waals surface area contributed by atoms with Crippen LogP contribution in [0.2, 0.25) is 0 Å². The van der Waals surface area contributed by atoms with Crippen molar-refractivity contribution in [1.82, 2.24) is 10.2 Å². The van der Waals surface area contributed by atoms with Crippen LogP contribution in [-0.4, -0.2) is 35.9 Å². The predicted octanol–water partition coefficient (Wildman–Crippen LogP) is 5.24. The smallest absolute Gasteiger partial charge is 0.159 e. The van der Waals surface area contributed by atoms with Gasteiger partial charge in [0.15, 0.2) is 5.82 Å². The van der Waals surface area contributed by atoms with Crippen molar-refractivity contribution in [2.24, 2.45) is 0 Å². The van der Waals surface area contributed by atoms with Gasteiger partial charge in [-0.1, -0.05) is 72.3 Å². The summed E-state index contributed by atoms with van der Waals surface area (Å²) in [5.74, 6) is 1.00. The van der Waals surface area contributed by atoms with Gasteiger partial charge in [0.05, 0.1) is 5.69 Å². The second-order valence-corrected chi connectivity index (χ2v) is 8.50. The average molecular weight is 409 g/mol. The van der Waals surface area contributed by atoms with Crippen molar-refractivity contribution in [2.45, 2.75) is 26.3 Å². The van der Waals surface area contributed by atoms with Gasteiger partial charge in [0, 0.05) is 48.6 Å². The fraction of sp³-hybridized carbons (Fsp3) is 0.259. The Kier molecular flexibility index (Phi) is 5.29. The number of fused-ring (bicyclic) bond motifs is 1. The second kappa shape index (κ2) is 8.38. The van der Waals surface area contributed by atoms with Crippen LogP contribution in [0.3, 0.4) is 0 Å². The molecule has 0 amide bonds. The zero-order valence-electron chi connectivity index (χ0n) is 18.2. The summed E-state index contributed by atoms with van der Waals surface area (Å²) < 4.78 is 0. The summed E-state index contributed by atoms with van der Waals surface area (Å²) in [6.45, 7) is 7.29. The van der Waals surface area contributed by atoms with E-state index in [9.17, 15) is 0 Å². The third kappa shape index (κ3) is 3.98. The van der Waals surface area contributed by atoms with E-state index in [2.05, 4.69) is 102 Å². The summed E-state index contributed by atoms with van der Waals surface area (Å²) in [5.41, 5.74) is 4.89. The van der Waals surface area contributed by atoms with Crippen LogP contribution in [0.25, 0.3) is 10.8 Å². The maximum Gasteiger partial charge on any atom is 0.159 e. The quantitative estimate of drug-likeness (QED) is 0.462. The first-order valence-corrected chi connectivity index (χ1v) is 11.1. The summed E-state index contributed by atoms with van der Waals surface area (Å²) in [4.78, 5) is 4.90. The first-order chi connectivity index (χ1) is 15.2. The minimum atomic E-state index is 0.404. The van der Waals surface area contributed by atoms with E-state index in [-0.39, 0.29) is 0 Å². The molecular formula is C27H28N4. The molecule has 2 heterocycles. The summed E-state index contributed by atoms with van der Waals surface area (Å²) in [6.07, 6.45) is 0.798. The van der Waals surface area contributed by atoms with Gasteiger partial charge in [-0.25, -0.2) is 0 Å². The molecule has 3 aromatic carbocycles. The van der Waals surface area contributed by atoms with Crippen LogP contribution in [0, 0.1) is 6.92 Å². The van der Waals surface area contributed by atoms with Crippen molar-refractivity contribution in [3.63, 3.8) is 0 Å². The van der Waals surface area contributed by atoms with E-state index < -0.39 is 0 Å². The lowest BCUT2D eigenvalue weighted by atomic mass is 10.0. The molecule has 0 radical (unpaired) electrons. The monoisotopic (exact) mass is 408 g/mol. The first kappa shape index (κ1) is 19.6. The standard InChI is InChI=1S/C27H28N4/c1-20-12-14-23(15-13-20)31-17-16-30(19-21(31)2)27-25-11-7-6-10-24(25)26(28-29-27)18-22-8-4-3-5-9-22/h3-15,21H,16-19H2,1-2H3. The fourth-order valence-corrected chi connectivity index (χ4v) is 4.57. The summed E-state index contributed by atoms with van der Waals surface area (Å²) >= 11 is 0. The van der Waals surface area contributed by atoms with Gasteiger partial charge in [-0.05, 0) is 31.5 Å². The maximum absolute atomic E-state index is 4.73.